The number of nitrogens with two attached hydrogens (primary N) is 1. The molecule has 1 aromatic rings. The molecule has 6 heteroatoms. The Bertz CT molecular complexity index is 290. The number of aromatic nitrogens is 2. The van der Waals surface area contributed by atoms with Crippen LogP contribution in [0.1, 0.15) is 24.7 Å². The summed E-state index contributed by atoms with van der Waals surface area (Å²) < 4.78 is 36.3. The lowest BCUT2D eigenvalue weighted by atomic mass is 10.1. The zero-order valence-corrected chi connectivity index (χ0v) is 7.73. The van der Waals surface area contributed by atoms with Gasteiger partial charge in [-0.1, -0.05) is 0 Å². The molecule has 0 spiro atoms. The molecule has 0 aliphatic rings. The first-order valence-corrected chi connectivity index (χ1v) is 4.26. The van der Waals surface area contributed by atoms with Crippen molar-refractivity contribution in [2.24, 2.45) is 5.73 Å². The van der Waals surface area contributed by atoms with Crippen LogP contribution >= 0.6 is 0 Å². The number of halogens is 3. The summed E-state index contributed by atoms with van der Waals surface area (Å²) in [6, 6.07) is 0.996. The third-order valence-corrected chi connectivity index (χ3v) is 1.79. The quantitative estimate of drug-likeness (QED) is 0.792. The van der Waals surface area contributed by atoms with Crippen LogP contribution in [0.15, 0.2) is 6.07 Å². The van der Waals surface area contributed by atoms with Gasteiger partial charge in [0.05, 0.1) is 0 Å². The average molecular weight is 207 g/mol. The molecular formula is C8H12F3N3. The molecule has 0 bridgehead atoms. The van der Waals surface area contributed by atoms with Crippen LogP contribution in [-0.2, 0) is 12.6 Å². The summed E-state index contributed by atoms with van der Waals surface area (Å²) in [5, 5.41) is 5.52. The summed E-state index contributed by atoms with van der Waals surface area (Å²) in [6.45, 7) is 1.81. The molecule has 0 amide bonds. The molecule has 1 heterocycles. The van der Waals surface area contributed by atoms with Crippen molar-refractivity contribution >= 4 is 0 Å². The van der Waals surface area contributed by atoms with E-state index in [1.165, 1.54) is 0 Å². The van der Waals surface area contributed by atoms with Crippen LogP contribution < -0.4 is 5.73 Å². The molecule has 0 aliphatic heterocycles. The van der Waals surface area contributed by atoms with Gasteiger partial charge in [0.25, 0.3) is 0 Å². The Balaban J connectivity index is 2.60. The van der Waals surface area contributed by atoms with Crippen LogP contribution in [-0.4, -0.2) is 16.2 Å². The summed E-state index contributed by atoms with van der Waals surface area (Å²) in [6.07, 6.45) is -3.25. The third kappa shape index (κ3) is 3.02. The van der Waals surface area contributed by atoms with Crippen molar-refractivity contribution in [1.29, 1.82) is 0 Å². The first-order chi connectivity index (χ1) is 6.39. The van der Waals surface area contributed by atoms with E-state index in [2.05, 4.69) is 10.2 Å². The largest absolute Gasteiger partial charge is 0.435 e. The molecule has 1 rings (SSSR count). The number of nitrogens with zero attached hydrogens (tertiary/aromatic N) is 1. The van der Waals surface area contributed by atoms with Crippen molar-refractivity contribution in [2.75, 3.05) is 0 Å². The lowest BCUT2D eigenvalue weighted by Gasteiger charge is -2.01. The number of H-pyrrole nitrogens is 1. The van der Waals surface area contributed by atoms with Crippen LogP contribution in [0.5, 0.6) is 0 Å². The highest BCUT2D eigenvalue weighted by atomic mass is 19.4. The van der Waals surface area contributed by atoms with Crippen molar-refractivity contribution in [3.05, 3.63) is 17.5 Å². The highest BCUT2D eigenvalue weighted by molar-refractivity contribution is 5.11. The molecule has 3 nitrogen and oxygen atoms in total. The van der Waals surface area contributed by atoms with Crippen LogP contribution in [0.25, 0.3) is 0 Å². The number of alkyl halides is 3. The molecule has 1 aromatic heterocycles. The van der Waals surface area contributed by atoms with E-state index in [1.54, 1.807) is 6.92 Å². The molecule has 0 saturated carbocycles. The zero-order valence-electron chi connectivity index (χ0n) is 7.73. The highest BCUT2D eigenvalue weighted by Crippen LogP contribution is 2.27. The molecule has 14 heavy (non-hydrogen) atoms. The van der Waals surface area contributed by atoms with Gasteiger partial charge in [-0.2, -0.15) is 18.3 Å². The van der Waals surface area contributed by atoms with Crippen LogP contribution in [0.4, 0.5) is 13.2 Å². The van der Waals surface area contributed by atoms with E-state index in [1.807, 2.05) is 0 Å². The Morgan fingerprint density at radius 2 is 2.21 bits per heavy atom. The monoisotopic (exact) mass is 207 g/mol. The van der Waals surface area contributed by atoms with E-state index in [9.17, 15) is 13.2 Å². The predicted molar refractivity (Wildman–Crippen MR) is 45.6 cm³/mol. The summed E-state index contributed by atoms with van der Waals surface area (Å²) >= 11 is 0. The van der Waals surface area contributed by atoms with Crippen molar-refractivity contribution in [1.82, 2.24) is 10.2 Å². The van der Waals surface area contributed by atoms with Crippen LogP contribution in [0.2, 0.25) is 0 Å². The van der Waals surface area contributed by atoms with Gasteiger partial charge in [0.15, 0.2) is 5.69 Å². The molecular weight excluding hydrogens is 195 g/mol. The maximum atomic E-state index is 12.1. The molecule has 0 radical (unpaired) electrons. The van der Waals surface area contributed by atoms with E-state index in [4.69, 9.17) is 5.73 Å². The fourth-order valence-electron chi connectivity index (χ4n) is 1.02. The molecule has 3 N–H and O–H groups in total. The lowest BCUT2D eigenvalue weighted by molar-refractivity contribution is -0.141. The minimum absolute atomic E-state index is 0.0207. The number of aryl methyl sites for hydroxylation is 1. The van der Waals surface area contributed by atoms with Crippen molar-refractivity contribution in [2.45, 2.75) is 32.0 Å². The first-order valence-electron chi connectivity index (χ1n) is 4.26. The Labute approximate surface area is 79.5 Å². The van der Waals surface area contributed by atoms with Gasteiger partial charge in [-0.15, -0.1) is 0 Å². The maximum absolute atomic E-state index is 12.1. The Morgan fingerprint density at radius 3 is 2.64 bits per heavy atom. The van der Waals surface area contributed by atoms with E-state index >= 15 is 0 Å². The maximum Gasteiger partial charge on any atom is 0.435 e. The second-order valence-electron chi connectivity index (χ2n) is 3.29. The summed E-state index contributed by atoms with van der Waals surface area (Å²) in [5.41, 5.74) is 5.07. The van der Waals surface area contributed by atoms with Crippen molar-refractivity contribution < 1.29 is 13.2 Å². The molecule has 1 atom stereocenters. The SMILES string of the molecule is C[C@H](N)CCc1cc(C(F)(F)F)n[nH]1. The van der Waals surface area contributed by atoms with Gasteiger partial charge in [0.1, 0.15) is 0 Å². The third-order valence-electron chi connectivity index (χ3n) is 1.79. The fourth-order valence-corrected chi connectivity index (χ4v) is 1.02. The van der Waals surface area contributed by atoms with Gasteiger partial charge < -0.3 is 5.73 Å². The number of aromatic amines is 1. The average Bonchev–Trinajstić information content (AvgIpc) is 2.47. The predicted octanol–water partition coefficient (Wildman–Crippen LogP) is 1.71. The van der Waals surface area contributed by atoms with Gasteiger partial charge >= 0.3 is 6.18 Å². The van der Waals surface area contributed by atoms with E-state index in [-0.39, 0.29) is 6.04 Å². The van der Waals surface area contributed by atoms with Crippen LogP contribution in [0.3, 0.4) is 0 Å². The van der Waals surface area contributed by atoms with Gasteiger partial charge in [-0.05, 0) is 25.8 Å². The van der Waals surface area contributed by atoms with Gasteiger partial charge in [0, 0.05) is 11.7 Å². The molecule has 0 unspecified atom stereocenters. The minimum atomic E-state index is -4.37. The lowest BCUT2D eigenvalue weighted by Crippen LogP contribution is -2.15. The smallest absolute Gasteiger partial charge is 0.328 e. The Hall–Kier alpha value is -1.04. The summed E-state index contributed by atoms with van der Waals surface area (Å²) in [4.78, 5) is 0. The fraction of sp³-hybridized carbons (Fsp3) is 0.625. The molecule has 0 aliphatic carbocycles. The van der Waals surface area contributed by atoms with Crippen molar-refractivity contribution in [3.8, 4) is 0 Å². The highest BCUT2D eigenvalue weighted by Gasteiger charge is 2.33. The van der Waals surface area contributed by atoms with Crippen molar-refractivity contribution in [3.63, 3.8) is 0 Å². The van der Waals surface area contributed by atoms with E-state index < -0.39 is 11.9 Å². The summed E-state index contributed by atoms with van der Waals surface area (Å²) in [5.74, 6) is 0. The normalized spacial score (nSPS) is 14.4. The molecule has 0 saturated heterocycles. The van der Waals surface area contributed by atoms with Gasteiger partial charge in [0.2, 0.25) is 0 Å². The minimum Gasteiger partial charge on any atom is -0.328 e. The Kier molecular flexibility index (Phi) is 3.15. The van der Waals surface area contributed by atoms with Gasteiger partial charge in [-0.3, -0.25) is 5.10 Å². The number of nitrogens with one attached hydrogen (secondary N) is 1. The molecule has 80 valence electrons. The van der Waals surface area contributed by atoms with E-state index in [0.29, 0.717) is 18.5 Å². The Morgan fingerprint density at radius 1 is 1.57 bits per heavy atom. The summed E-state index contributed by atoms with van der Waals surface area (Å²) in [7, 11) is 0. The number of rotatable bonds is 3. The topological polar surface area (TPSA) is 54.7 Å². The number of hydrogen-bond acceptors (Lipinski definition) is 2. The number of hydrogen-bond donors (Lipinski definition) is 2. The standard InChI is InChI=1S/C8H12F3N3/c1-5(12)2-3-6-4-7(14-13-6)8(9,10)11/h4-5H,2-3,12H2,1H3,(H,13,14)/t5-/m0/s1. The zero-order chi connectivity index (χ0) is 10.8. The molecule has 0 fully saturated rings. The van der Waals surface area contributed by atoms with E-state index in [0.717, 1.165) is 6.07 Å². The molecule has 0 aromatic carbocycles. The second kappa shape index (κ2) is 4.00. The first kappa shape index (κ1) is 11.0. The second-order valence-corrected chi connectivity index (χ2v) is 3.29. The van der Waals surface area contributed by atoms with Crippen LogP contribution in [0, 0.1) is 0 Å². The van der Waals surface area contributed by atoms with Gasteiger partial charge in [-0.25, -0.2) is 0 Å².